The van der Waals surface area contributed by atoms with Crippen LogP contribution in [0.15, 0.2) is 24.3 Å². The molecule has 0 atom stereocenters. The quantitative estimate of drug-likeness (QED) is 0.843. The molecule has 0 fully saturated rings. The van der Waals surface area contributed by atoms with E-state index < -0.39 is 5.97 Å². The maximum Gasteiger partial charge on any atom is 0.340 e. The maximum absolute atomic E-state index is 12.5. The van der Waals surface area contributed by atoms with Crippen LogP contribution < -0.4 is 5.32 Å². The second-order valence-electron chi connectivity index (χ2n) is 5.73. The van der Waals surface area contributed by atoms with Crippen molar-refractivity contribution in [3.8, 4) is 6.07 Å². The standard InChI is InChI=1S/C18H19N3O3/c1-10(2)24-18(23)15-11(3)16(20-12(15)4)17(22)21-14-7-5-6-13(8-14)9-19/h5-8,10,20H,1-4H3,(H,21,22). The Bertz CT molecular complexity index is 829. The average Bonchev–Trinajstić information content (AvgIpc) is 2.81. The lowest BCUT2D eigenvalue weighted by atomic mass is 10.1. The fraction of sp³-hybridized carbons (Fsp3) is 0.278. The van der Waals surface area contributed by atoms with Gasteiger partial charge in [0.25, 0.3) is 5.91 Å². The van der Waals surface area contributed by atoms with Crippen LogP contribution in [0.4, 0.5) is 5.69 Å². The number of nitrogens with zero attached hydrogens (tertiary/aromatic N) is 1. The van der Waals surface area contributed by atoms with Gasteiger partial charge in [0, 0.05) is 11.4 Å². The third-order valence-corrected chi connectivity index (χ3v) is 3.46. The van der Waals surface area contributed by atoms with E-state index in [2.05, 4.69) is 10.3 Å². The molecule has 0 spiro atoms. The monoisotopic (exact) mass is 325 g/mol. The van der Waals surface area contributed by atoms with E-state index in [0.29, 0.717) is 33.8 Å². The molecule has 0 saturated carbocycles. The van der Waals surface area contributed by atoms with Crippen LogP contribution in [-0.2, 0) is 4.74 Å². The first-order valence-electron chi connectivity index (χ1n) is 7.55. The van der Waals surface area contributed by atoms with Gasteiger partial charge in [-0.1, -0.05) is 6.07 Å². The number of esters is 1. The summed E-state index contributed by atoms with van der Waals surface area (Å²) in [5, 5.41) is 11.6. The molecule has 0 saturated heterocycles. The predicted octanol–water partition coefficient (Wildman–Crippen LogP) is 3.32. The highest BCUT2D eigenvalue weighted by Gasteiger charge is 2.23. The molecule has 2 N–H and O–H groups in total. The fourth-order valence-electron chi connectivity index (χ4n) is 2.42. The van der Waals surface area contributed by atoms with Gasteiger partial charge in [0.15, 0.2) is 0 Å². The molecule has 1 aromatic heterocycles. The number of H-pyrrole nitrogens is 1. The minimum absolute atomic E-state index is 0.239. The van der Waals surface area contributed by atoms with E-state index in [1.165, 1.54) is 0 Å². The van der Waals surface area contributed by atoms with Gasteiger partial charge in [-0.25, -0.2) is 4.79 Å². The molecule has 0 aliphatic carbocycles. The van der Waals surface area contributed by atoms with Crippen molar-refractivity contribution in [1.82, 2.24) is 4.98 Å². The van der Waals surface area contributed by atoms with E-state index >= 15 is 0 Å². The van der Waals surface area contributed by atoms with E-state index in [0.717, 1.165) is 0 Å². The minimum Gasteiger partial charge on any atom is -0.459 e. The summed E-state index contributed by atoms with van der Waals surface area (Å²) < 4.78 is 5.21. The summed E-state index contributed by atoms with van der Waals surface area (Å²) in [6.07, 6.45) is -0.239. The second-order valence-corrected chi connectivity index (χ2v) is 5.73. The number of aryl methyl sites for hydroxylation is 1. The molecular formula is C18H19N3O3. The van der Waals surface area contributed by atoms with Crippen molar-refractivity contribution in [2.24, 2.45) is 0 Å². The van der Waals surface area contributed by atoms with E-state index in [1.54, 1.807) is 52.0 Å². The van der Waals surface area contributed by atoms with Crippen molar-refractivity contribution in [2.75, 3.05) is 5.32 Å². The predicted molar refractivity (Wildman–Crippen MR) is 89.9 cm³/mol. The molecule has 24 heavy (non-hydrogen) atoms. The summed E-state index contributed by atoms with van der Waals surface area (Å²) >= 11 is 0. The van der Waals surface area contributed by atoms with Crippen LogP contribution in [0.5, 0.6) is 0 Å². The summed E-state index contributed by atoms with van der Waals surface area (Å²) in [5.41, 5.74) is 2.75. The van der Waals surface area contributed by atoms with Crippen LogP contribution in [0.3, 0.4) is 0 Å². The maximum atomic E-state index is 12.5. The average molecular weight is 325 g/mol. The molecule has 2 rings (SSSR count). The summed E-state index contributed by atoms with van der Waals surface area (Å²) in [5.74, 6) is -0.837. The van der Waals surface area contributed by atoms with Crippen molar-refractivity contribution >= 4 is 17.6 Å². The molecule has 0 aliphatic rings. The van der Waals surface area contributed by atoms with Gasteiger partial charge in [-0.2, -0.15) is 5.26 Å². The third kappa shape index (κ3) is 3.63. The molecule has 0 unspecified atom stereocenters. The highest BCUT2D eigenvalue weighted by atomic mass is 16.5. The van der Waals surface area contributed by atoms with Crippen molar-refractivity contribution < 1.29 is 14.3 Å². The van der Waals surface area contributed by atoms with Crippen molar-refractivity contribution in [3.05, 3.63) is 52.3 Å². The number of aromatic nitrogens is 1. The van der Waals surface area contributed by atoms with Gasteiger partial charge in [-0.05, 0) is 51.5 Å². The first-order chi connectivity index (χ1) is 11.3. The molecule has 1 heterocycles. The molecule has 0 bridgehead atoms. The summed E-state index contributed by atoms with van der Waals surface area (Å²) in [6.45, 7) is 6.95. The highest BCUT2D eigenvalue weighted by molar-refractivity contribution is 6.06. The van der Waals surface area contributed by atoms with Crippen LogP contribution >= 0.6 is 0 Å². The van der Waals surface area contributed by atoms with Crippen LogP contribution in [0.1, 0.15) is 51.5 Å². The van der Waals surface area contributed by atoms with Crippen LogP contribution in [0.2, 0.25) is 0 Å². The molecule has 1 aromatic carbocycles. The van der Waals surface area contributed by atoms with Gasteiger partial charge in [0.2, 0.25) is 0 Å². The number of ether oxygens (including phenoxy) is 1. The Morgan fingerprint density at radius 3 is 2.62 bits per heavy atom. The zero-order chi connectivity index (χ0) is 17.9. The zero-order valence-electron chi connectivity index (χ0n) is 14.1. The summed E-state index contributed by atoms with van der Waals surface area (Å²) in [4.78, 5) is 27.6. The number of hydrogen-bond donors (Lipinski definition) is 2. The Morgan fingerprint density at radius 2 is 2.00 bits per heavy atom. The number of carbonyl (C=O) groups excluding carboxylic acids is 2. The number of benzene rings is 1. The summed E-state index contributed by atoms with van der Waals surface area (Å²) in [7, 11) is 0. The Hall–Kier alpha value is -3.07. The number of carbonyl (C=O) groups is 2. The second kappa shape index (κ2) is 7.01. The molecule has 6 heteroatoms. The Morgan fingerprint density at radius 1 is 1.29 bits per heavy atom. The molecule has 0 aliphatic heterocycles. The lowest BCUT2D eigenvalue weighted by Gasteiger charge is -2.08. The van der Waals surface area contributed by atoms with Gasteiger partial charge in [0.05, 0.1) is 23.3 Å². The molecule has 1 amide bonds. The van der Waals surface area contributed by atoms with Gasteiger partial charge in [-0.3, -0.25) is 4.79 Å². The fourth-order valence-corrected chi connectivity index (χ4v) is 2.42. The number of anilines is 1. The number of hydrogen-bond acceptors (Lipinski definition) is 4. The lowest BCUT2D eigenvalue weighted by Crippen LogP contribution is -2.15. The minimum atomic E-state index is -0.457. The topological polar surface area (TPSA) is 95.0 Å². The Balaban J connectivity index is 2.27. The van der Waals surface area contributed by atoms with E-state index in [1.807, 2.05) is 6.07 Å². The Kier molecular flexibility index (Phi) is 5.05. The van der Waals surface area contributed by atoms with Gasteiger partial charge in [0.1, 0.15) is 5.69 Å². The van der Waals surface area contributed by atoms with Gasteiger partial charge >= 0.3 is 5.97 Å². The van der Waals surface area contributed by atoms with Crippen LogP contribution in [0, 0.1) is 25.2 Å². The number of aromatic amines is 1. The highest BCUT2D eigenvalue weighted by Crippen LogP contribution is 2.21. The van der Waals surface area contributed by atoms with Crippen molar-refractivity contribution in [3.63, 3.8) is 0 Å². The Labute approximate surface area is 140 Å². The molecule has 124 valence electrons. The number of amides is 1. The molecule has 6 nitrogen and oxygen atoms in total. The normalized spacial score (nSPS) is 10.3. The SMILES string of the molecule is Cc1[nH]c(C(=O)Nc2cccc(C#N)c2)c(C)c1C(=O)OC(C)C. The van der Waals surface area contributed by atoms with Gasteiger partial charge in [-0.15, -0.1) is 0 Å². The van der Waals surface area contributed by atoms with E-state index in [4.69, 9.17) is 10.00 Å². The zero-order valence-corrected chi connectivity index (χ0v) is 14.1. The third-order valence-electron chi connectivity index (χ3n) is 3.46. The van der Waals surface area contributed by atoms with E-state index in [9.17, 15) is 9.59 Å². The molecular weight excluding hydrogens is 306 g/mol. The largest absolute Gasteiger partial charge is 0.459 e. The van der Waals surface area contributed by atoms with E-state index in [-0.39, 0.29) is 12.0 Å². The number of nitrogens with one attached hydrogen (secondary N) is 2. The molecule has 0 radical (unpaired) electrons. The number of nitriles is 1. The first-order valence-corrected chi connectivity index (χ1v) is 7.55. The van der Waals surface area contributed by atoms with Crippen LogP contribution in [0.25, 0.3) is 0 Å². The van der Waals surface area contributed by atoms with Crippen LogP contribution in [-0.4, -0.2) is 23.0 Å². The van der Waals surface area contributed by atoms with Crippen molar-refractivity contribution in [2.45, 2.75) is 33.8 Å². The lowest BCUT2D eigenvalue weighted by molar-refractivity contribution is 0.0376. The van der Waals surface area contributed by atoms with Crippen molar-refractivity contribution in [1.29, 1.82) is 5.26 Å². The molecule has 2 aromatic rings. The first kappa shape index (κ1) is 17.3. The summed E-state index contributed by atoms with van der Waals surface area (Å²) in [6, 6.07) is 8.63. The van der Waals surface area contributed by atoms with Gasteiger partial charge < -0.3 is 15.0 Å². The smallest absolute Gasteiger partial charge is 0.340 e. The number of rotatable bonds is 4.